The molecule has 1 aromatic carbocycles. The van der Waals surface area contributed by atoms with Crippen molar-refractivity contribution >= 4 is 23.6 Å². The quantitative estimate of drug-likeness (QED) is 0.759. The van der Waals surface area contributed by atoms with E-state index in [1.165, 1.54) is 6.92 Å². The number of thioether (sulfide) groups is 1. The van der Waals surface area contributed by atoms with Gasteiger partial charge in [0.2, 0.25) is 5.91 Å². The molecular weight excluding hydrogens is 264 g/mol. The number of amides is 1. The van der Waals surface area contributed by atoms with Gasteiger partial charge in [0.15, 0.2) is 5.54 Å². The summed E-state index contributed by atoms with van der Waals surface area (Å²) in [4.78, 5) is 23.6. The Kier molecular flexibility index (Phi) is 4.11. The molecule has 19 heavy (non-hydrogen) atoms. The second-order valence-corrected chi connectivity index (χ2v) is 5.59. The second-order valence-electron chi connectivity index (χ2n) is 4.56. The predicted molar refractivity (Wildman–Crippen MR) is 73.8 cm³/mol. The van der Waals surface area contributed by atoms with E-state index in [0.29, 0.717) is 17.2 Å². The first kappa shape index (κ1) is 13.9. The Labute approximate surface area is 115 Å². The Hall–Kier alpha value is -1.53. The van der Waals surface area contributed by atoms with Crippen molar-refractivity contribution < 1.29 is 14.7 Å². The van der Waals surface area contributed by atoms with Crippen LogP contribution in [0, 0.1) is 0 Å². The third-order valence-electron chi connectivity index (χ3n) is 3.18. The van der Waals surface area contributed by atoms with Gasteiger partial charge in [-0.25, -0.2) is 4.79 Å². The number of benzene rings is 1. The second kappa shape index (κ2) is 5.63. The van der Waals surface area contributed by atoms with E-state index in [4.69, 9.17) is 0 Å². The lowest BCUT2D eigenvalue weighted by molar-refractivity contribution is -0.147. The van der Waals surface area contributed by atoms with Gasteiger partial charge in [-0.3, -0.25) is 10.1 Å². The molecule has 1 aromatic rings. The molecule has 5 nitrogen and oxygen atoms in total. The average Bonchev–Trinajstić information content (AvgIpc) is 2.93. The molecule has 1 aliphatic rings. The zero-order valence-electron chi connectivity index (χ0n) is 10.6. The summed E-state index contributed by atoms with van der Waals surface area (Å²) in [6.45, 7) is 1.50. The van der Waals surface area contributed by atoms with Crippen molar-refractivity contribution in [2.75, 3.05) is 11.6 Å². The van der Waals surface area contributed by atoms with Crippen LogP contribution in [0.15, 0.2) is 30.3 Å². The standard InChI is InChI=1S/C13H16N2O3S/c1-13(12(17)18,9-5-3-2-4-6-9)15-11(16)10-7-19-8-14-10/h2-6,10,14H,7-8H2,1H3,(H,15,16)(H,17,18). The molecule has 1 heterocycles. The smallest absolute Gasteiger partial charge is 0.333 e. The lowest BCUT2D eigenvalue weighted by Gasteiger charge is -2.28. The van der Waals surface area contributed by atoms with Crippen LogP contribution in [-0.4, -0.2) is 34.7 Å². The maximum Gasteiger partial charge on any atom is 0.333 e. The maximum absolute atomic E-state index is 12.1. The Morgan fingerprint density at radius 1 is 1.42 bits per heavy atom. The molecule has 1 aliphatic heterocycles. The number of nitrogens with one attached hydrogen (secondary N) is 2. The molecular formula is C13H16N2O3S. The summed E-state index contributed by atoms with van der Waals surface area (Å²) in [7, 11) is 0. The van der Waals surface area contributed by atoms with Crippen LogP contribution in [0.1, 0.15) is 12.5 Å². The molecule has 1 amide bonds. The third-order valence-corrected chi connectivity index (χ3v) is 4.12. The lowest BCUT2D eigenvalue weighted by Crippen LogP contribution is -2.54. The van der Waals surface area contributed by atoms with Gasteiger partial charge in [-0.1, -0.05) is 30.3 Å². The van der Waals surface area contributed by atoms with E-state index in [-0.39, 0.29) is 11.9 Å². The van der Waals surface area contributed by atoms with E-state index in [9.17, 15) is 14.7 Å². The number of carboxylic acids is 1. The number of carbonyl (C=O) groups excluding carboxylic acids is 1. The fraction of sp³-hybridized carbons (Fsp3) is 0.385. The van der Waals surface area contributed by atoms with Crippen molar-refractivity contribution in [1.82, 2.24) is 10.6 Å². The number of aliphatic carboxylic acids is 1. The minimum absolute atomic E-state index is 0.279. The molecule has 102 valence electrons. The van der Waals surface area contributed by atoms with Crippen LogP contribution in [0.25, 0.3) is 0 Å². The Bertz CT molecular complexity index is 474. The Morgan fingerprint density at radius 3 is 2.63 bits per heavy atom. The molecule has 0 aliphatic carbocycles. The van der Waals surface area contributed by atoms with Gasteiger partial charge in [0, 0.05) is 11.6 Å². The lowest BCUT2D eigenvalue weighted by atomic mass is 9.91. The van der Waals surface area contributed by atoms with E-state index >= 15 is 0 Å². The van der Waals surface area contributed by atoms with Crippen LogP contribution in [0.5, 0.6) is 0 Å². The predicted octanol–water partition coefficient (Wildman–Crippen LogP) is 0.765. The van der Waals surface area contributed by atoms with Crippen molar-refractivity contribution in [3.05, 3.63) is 35.9 Å². The van der Waals surface area contributed by atoms with E-state index in [1.807, 2.05) is 6.07 Å². The summed E-state index contributed by atoms with van der Waals surface area (Å²) in [6, 6.07) is 8.39. The Morgan fingerprint density at radius 2 is 2.11 bits per heavy atom. The number of carboxylic acid groups (broad SMARTS) is 1. The van der Waals surface area contributed by atoms with Crippen LogP contribution in [0.3, 0.4) is 0 Å². The molecule has 1 saturated heterocycles. The first-order valence-electron chi connectivity index (χ1n) is 5.96. The van der Waals surface area contributed by atoms with Gasteiger partial charge in [-0.15, -0.1) is 11.8 Å². The average molecular weight is 280 g/mol. The molecule has 0 aromatic heterocycles. The fourth-order valence-electron chi connectivity index (χ4n) is 1.92. The first-order valence-corrected chi connectivity index (χ1v) is 7.11. The number of hydrogen-bond acceptors (Lipinski definition) is 4. The van der Waals surface area contributed by atoms with Gasteiger partial charge in [-0.2, -0.15) is 0 Å². The molecule has 2 rings (SSSR count). The van der Waals surface area contributed by atoms with Crippen LogP contribution < -0.4 is 10.6 Å². The highest BCUT2D eigenvalue weighted by atomic mass is 32.2. The highest BCUT2D eigenvalue weighted by Crippen LogP contribution is 2.22. The zero-order chi connectivity index (χ0) is 13.9. The summed E-state index contributed by atoms with van der Waals surface area (Å²) >= 11 is 1.62. The van der Waals surface area contributed by atoms with Crippen LogP contribution >= 0.6 is 11.8 Å². The minimum atomic E-state index is -1.41. The van der Waals surface area contributed by atoms with Gasteiger partial charge >= 0.3 is 5.97 Å². The molecule has 2 atom stereocenters. The van der Waals surface area contributed by atoms with Crippen molar-refractivity contribution in [2.45, 2.75) is 18.5 Å². The summed E-state index contributed by atoms with van der Waals surface area (Å²) in [5, 5.41) is 15.1. The van der Waals surface area contributed by atoms with Crippen molar-refractivity contribution in [3.63, 3.8) is 0 Å². The van der Waals surface area contributed by atoms with E-state index in [0.717, 1.165) is 0 Å². The molecule has 3 N–H and O–H groups in total. The van der Waals surface area contributed by atoms with Crippen LogP contribution in [0.2, 0.25) is 0 Å². The van der Waals surface area contributed by atoms with Crippen LogP contribution in [0.4, 0.5) is 0 Å². The van der Waals surface area contributed by atoms with E-state index < -0.39 is 11.5 Å². The van der Waals surface area contributed by atoms with Crippen molar-refractivity contribution in [2.24, 2.45) is 0 Å². The van der Waals surface area contributed by atoms with E-state index in [2.05, 4.69) is 10.6 Å². The number of carbonyl (C=O) groups is 2. The zero-order valence-corrected chi connectivity index (χ0v) is 11.4. The van der Waals surface area contributed by atoms with Gasteiger partial charge in [-0.05, 0) is 12.5 Å². The molecule has 0 radical (unpaired) electrons. The summed E-state index contributed by atoms with van der Waals surface area (Å²) in [5.41, 5.74) is -0.852. The SMILES string of the molecule is CC(NC(=O)C1CSCN1)(C(=O)O)c1ccccc1. The summed E-state index contributed by atoms with van der Waals surface area (Å²) in [5.74, 6) is 0.0280. The fourth-order valence-corrected chi connectivity index (χ4v) is 2.86. The molecule has 6 heteroatoms. The van der Waals surface area contributed by atoms with Gasteiger partial charge in [0.25, 0.3) is 0 Å². The van der Waals surface area contributed by atoms with Crippen molar-refractivity contribution in [1.29, 1.82) is 0 Å². The van der Waals surface area contributed by atoms with Crippen LogP contribution in [-0.2, 0) is 15.1 Å². The highest BCUT2D eigenvalue weighted by Gasteiger charge is 2.38. The topological polar surface area (TPSA) is 78.4 Å². The first-order chi connectivity index (χ1) is 9.04. The van der Waals surface area contributed by atoms with Gasteiger partial charge in [0.1, 0.15) is 0 Å². The third kappa shape index (κ3) is 2.90. The molecule has 0 bridgehead atoms. The minimum Gasteiger partial charge on any atom is -0.479 e. The van der Waals surface area contributed by atoms with E-state index in [1.54, 1.807) is 36.0 Å². The Balaban J connectivity index is 2.20. The summed E-state index contributed by atoms with van der Waals surface area (Å²) < 4.78 is 0. The molecule has 2 unspecified atom stereocenters. The normalized spacial score (nSPS) is 21.6. The van der Waals surface area contributed by atoms with Gasteiger partial charge < -0.3 is 10.4 Å². The monoisotopic (exact) mass is 280 g/mol. The number of hydrogen-bond donors (Lipinski definition) is 3. The van der Waals surface area contributed by atoms with Gasteiger partial charge in [0.05, 0.1) is 6.04 Å². The highest BCUT2D eigenvalue weighted by molar-refractivity contribution is 7.99. The van der Waals surface area contributed by atoms with Crippen molar-refractivity contribution in [3.8, 4) is 0 Å². The molecule has 1 fully saturated rings. The molecule has 0 saturated carbocycles. The molecule has 0 spiro atoms. The summed E-state index contributed by atoms with van der Waals surface area (Å²) in [6.07, 6.45) is 0. The maximum atomic E-state index is 12.1. The number of rotatable bonds is 4. The largest absolute Gasteiger partial charge is 0.479 e.